The highest BCUT2D eigenvalue weighted by atomic mass is 35.5. The lowest BCUT2D eigenvalue weighted by atomic mass is 9.91. The van der Waals surface area contributed by atoms with Gasteiger partial charge in [-0.25, -0.2) is 9.78 Å². The van der Waals surface area contributed by atoms with Gasteiger partial charge in [-0.3, -0.25) is 38.5 Å². The number of ether oxygens (including phenoxy) is 1. The summed E-state index contributed by atoms with van der Waals surface area (Å²) in [6.45, 7) is 14.8. The second kappa shape index (κ2) is 24.4. The molecule has 78 heavy (non-hydrogen) atoms. The lowest BCUT2D eigenvalue weighted by Gasteiger charge is -2.29. The number of anilines is 2. The van der Waals surface area contributed by atoms with Crippen molar-refractivity contribution in [3.05, 3.63) is 87.6 Å². The maximum Gasteiger partial charge on any atom is 0.408 e. The molecule has 7 rings (SSSR count). The molecule has 0 radical (unpaired) electrons. The number of hydrogen-bond acceptors (Lipinski definition) is 12. The predicted octanol–water partition coefficient (Wildman–Crippen LogP) is 6.70. The van der Waals surface area contributed by atoms with Gasteiger partial charge in [-0.2, -0.15) is 0 Å². The van der Waals surface area contributed by atoms with Crippen LogP contribution in [0, 0.1) is 12.3 Å². The molecular weight excluding hydrogens is 1040 g/mol. The summed E-state index contributed by atoms with van der Waals surface area (Å²) in [4.78, 5) is 115. The summed E-state index contributed by atoms with van der Waals surface area (Å²) in [5.41, 5.74) is 15.9. The number of amides is 8. The standard InChI is InChI=1S/C57H72ClN9O10S/c1-30(61-51(73)42-27-38(68)29-66(42)46(71)28-56(3,4)5)32-16-18-34(19-17-32)49-31(2)62-53(78-49)37-24-35(12-9-10-15-44(59)69)47(58)41(25-37)64-50(72)39(22-23-45(60)70)63-52(74)43-26-36-14-11-13-33-20-21-40(54(75)67(43)48(33)36)65-55(76)77-57(6,7)8/h11,13-14,16-19,24-25,30,38-40,42-43,68H,9-10,12,15,20-23,26-29H2,1-8H3,(H2,59,69)(H2,60,70)(H,61,73)(H,63,74)(H,64,72)(H,65,76)/t30-,38+,39?,40-,42-,43-/m0/s1. The van der Waals surface area contributed by atoms with Crippen molar-refractivity contribution in [2.75, 3.05) is 16.8 Å². The lowest BCUT2D eigenvalue weighted by Crippen LogP contribution is -2.57. The molecule has 3 aromatic carbocycles. The van der Waals surface area contributed by atoms with Gasteiger partial charge < -0.3 is 47.5 Å². The SMILES string of the molecule is Cc1nc(-c2cc(CCCCC(N)=O)c(Cl)c(NC(=O)C(CCC(N)=O)NC(=O)[C@@H]3Cc4cccc5c4N3C(=O)[C@@H](NC(=O)OC(C)(C)C)CC5)c2)sc1-c1ccc([C@H](C)NC(=O)[C@@H]2C[C@@H](O)CN2C(=O)CC(C)(C)C)cc1. The number of aliphatic hydroxyl groups excluding tert-OH is 1. The number of nitrogens with zero attached hydrogens (tertiary/aromatic N) is 3. The second-order valence-electron chi connectivity index (χ2n) is 22.8. The molecule has 0 spiro atoms. The number of alkyl carbamates (subject to hydrolysis) is 1. The molecule has 1 fully saturated rings. The van der Waals surface area contributed by atoms with Crippen LogP contribution in [0.5, 0.6) is 0 Å². The summed E-state index contributed by atoms with van der Waals surface area (Å²) < 4.78 is 5.46. The Morgan fingerprint density at radius 2 is 1.58 bits per heavy atom. The average molecular weight is 1110 g/mol. The van der Waals surface area contributed by atoms with Crippen LogP contribution in [0.1, 0.15) is 134 Å². The second-order valence-corrected chi connectivity index (χ2v) is 24.2. The highest BCUT2D eigenvalue weighted by Gasteiger charge is 2.45. The van der Waals surface area contributed by atoms with Crippen LogP contribution in [0.4, 0.5) is 16.2 Å². The first-order valence-electron chi connectivity index (χ1n) is 26.5. The smallest absolute Gasteiger partial charge is 0.408 e. The monoisotopic (exact) mass is 1110 g/mol. The predicted molar refractivity (Wildman–Crippen MR) is 298 cm³/mol. The molecule has 0 saturated carbocycles. The average Bonchev–Trinajstić information content (AvgIpc) is 4.14. The van der Waals surface area contributed by atoms with Gasteiger partial charge >= 0.3 is 6.09 Å². The van der Waals surface area contributed by atoms with Gasteiger partial charge in [-0.05, 0) is 119 Å². The van der Waals surface area contributed by atoms with Crippen LogP contribution in [-0.4, -0.2) is 105 Å². The van der Waals surface area contributed by atoms with Gasteiger partial charge in [0.2, 0.25) is 41.4 Å². The van der Waals surface area contributed by atoms with E-state index >= 15 is 0 Å². The van der Waals surface area contributed by atoms with Crippen LogP contribution >= 0.6 is 22.9 Å². The molecule has 1 unspecified atom stereocenters. The number of thiazole rings is 1. The largest absolute Gasteiger partial charge is 0.444 e. The summed E-state index contributed by atoms with van der Waals surface area (Å²) in [6.07, 6.45) is 0.806. The molecule has 1 aromatic heterocycles. The molecule has 0 bridgehead atoms. The molecule has 9 N–H and O–H groups in total. The van der Waals surface area contributed by atoms with Crippen LogP contribution in [-0.2, 0) is 57.6 Å². The van der Waals surface area contributed by atoms with Crippen molar-refractivity contribution >= 4 is 81.8 Å². The zero-order valence-corrected chi connectivity index (χ0v) is 47.1. The number of rotatable bonds is 19. The number of unbranched alkanes of at least 4 members (excludes halogenated alkanes) is 1. The van der Waals surface area contributed by atoms with Gasteiger partial charge in [0.15, 0.2) is 0 Å². The molecule has 1 saturated heterocycles. The Labute approximate surface area is 463 Å². The molecule has 21 heteroatoms. The van der Waals surface area contributed by atoms with E-state index in [0.717, 1.165) is 32.8 Å². The number of likely N-dealkylation sites (tertiary alicyclic amines) is 1. The molecule has 6 atom stereocenters. The van der Waals surface area contributed by atoms with E-state index in [1.807, 2.05) is 83.1 Å². The summed E-state index contributed by atoms with van der Waals surface area (Å²) in [5.74, 6) is -3.54. The Balaban J connectivity index is 1.11. The molecule has 4 heterocycles. The number of aryl methyl sites for hydroxylation is 3. The number of nitrogens with one attached hydrogen (secondary N) is 4. The Hall–Kier alpha value is -6.90. The molecule has 0 aliphatic carbocycles. The minimum absolute atomic E-state index is 0.109. The van der Waals surface area contributed by atoms with Crippen LogP contribution in [0.15, 0.2) is 54.6 Å². The van der Waals surface area contributed by atoms with E-state index in [1.54, 1.807) is 26.8 Å². The molecule has 3 aliphatic heterocycles. The van der Waals surface area contributed by atoms with Gasteiger partial charge in [-0.1, -0.05) is 74.8 Å². The van der Waals surface area contributed by atoms with Crippen molar-refractivity contribution < 1.29 is 48.2 Å². The third kappa shape index (κ3) is 14.6. The highest BCUT2D eigenvalue weighted by molar-refractivity contribution is 7.18. The van der Waals surface area contributed by atoms with Crippen molar-refractivity contribution in [3.63, 3.8) is 0 Å². The number of carbonyl (C=O) groups excluding carboxylic acids is 8. The summed E-state index contributed by atoms with van der Waals surface area (Å²) >= 11 is 8.50. The topological polar surface area (TPSA) is 286 Å². The Morgan fingerprint density at radius 3 is 2.24 bits per heavy atom. The highest BCUT2D eigenvalue weighted by Crippen LogP contribution is 2.41. The number of benzene rings is 3. The Morgan fingerprint density at radius 1 is 0.897 bits per heavy atom. The van der Waals surface area contributed by atoms with Crippen molar-refractivity contribution in [2.45, 2.75) is 168 Å². The zero-order chi connectivity index (χ0) is 57.0. The summed E-state index contributed by atoms with van der Waals surface area (Å²) in [7, 11) is 0. The minimum atomic E-state index is -1.33. The molecule has 418 valence electrons. The number of nitrogens with two attached hydrogens (primary N) is 2. The lowest BCUT2D eigenvalue weighted by molar-refractivity contribution is -0.140. The molecule has 19 nitrogen and oxygen atoms in total. The maximum atomic E-state index is 14.5. The van der Waals surface area contributed by atoms with E-state index in [0.29, 0.717) is 47.5 Å². The number of aliphatic hydroxyl groups is 1. The molecule has 3 aliphatic rings. The number of β-amino-alcohol motifs (C(OH)–C–C–N with tert-alkyl or cyclic N) is 1. The van der Waals surface area contributed by atoms with Crippen LogP contribution < -0.4 is 37.6 Å². The third-order valence-electron chi connectivity index (χ3n) is 13.9. The first-order chi connectivity index (χ1) is 36.7. The van der Waals surface area contributed by atoms with Crippen molar-refractivity contribution in [3.8, 4) is 21.0 Å². The Bertz CT molecular complexity index is 2970. The van der Waals surface area contributed by atoms with E-state index in [-0.39, 0.29) is 79.4 Å². The fourth-order valence-corrected chi connectivity index (χ4v) is 11.5. The van der Waals surface area contributed by atoms with Gasteiger partial charge in [0.1, 0.15) is 34.8 Å². The van der Waals surface area contributed by atoms with E-state index in [9.17, 15) is 43.5 Å². The quantitative estimate of drug-likeness (QED) is 0.0485. The number of primary amides is 2. The van der Waals surface area contributed by atoms with Gasteiger partial charge in [0, 0.05) is 44.2 Å². The van der Waals surface area contributed by atoms with Crippen molar-refractivity contribution in [1.29, 1.82) is 0 Å². The molecular formula is C57H72ClN9O10S. The van der Waals surface area contributed by atoms with E-state index in [1.165, 1.54) is 21.1 Å². The van der Waals surface area contributed by atoms with Crippen molar-refractivity contribution in [1.82, 2.24) is 25.8 Å². The number of hydrogen-bond donors (Lipinski definition) is 7. The van der Waals surface area contributed by atoms with Crippen LogP contribution in [0.25, 0.3) is 21.0 Å². The summed E-state index contributed by atoms with van der Waals surface area (Å²) in [5, 5.41) is 22.7. The number of para-hydroxylation sites is 1. The fraction of sp³-hybridized carbons (Fsp3) is 0.491. The first-order valence-corrected chi connectivity index (χ1v) is 27.7. The zero-order valence-electron chi connectivity index (χ0n) is 45.5. The Kier molecular flexibility index (Phi) is 18.4. The molecule has 8 amide bonds. The van der Waals surface area contributed by atoms with E-state index in [2.05, 4.69) is 21.3 Å². The van der Waals surface area contributed by atoms with Gasteiger partial charge in [-0.15, -0.1) is 11.3 Å². The summed E-state index contributed by atoms with van der Waals surface area (Å²) in [6, 6.07) is 12.2. The van der Waals surface area contributed by atoms with Crippen LogP contribution in [0.3, 0.4) is 0 Å². The van der Waals surface area contributed by atoms with Gasteiger partial charge in [0.25, 0.3) is 0 Å². The van der Waals surface area contributed by atoms with E-state index < -0.39 is 77.5 Å². The normalized spacial score (nSPS) is 18.8. The van der Waals surface area contributed by atoms with Crippen molar-refractivity contribution in [2.24, 2.45) is 16.9 Å². The fourth-order valence-electron chi connectivity index (χ4n) is 10.2. The van der Waals surface area contributed by atoms with E-state index in [4.69, 9.17) is 32.8 Å². The minimum Gasteiger partial charge on any atom is -0.444 e. The number of halogens is 1. The number of carbonyl (C=O) groups is 8. The van der Waals surface area contributed by atoms with Gasteiger partial charge in [0.05, 0.1) is 39.1 Å². The van der Waals surface area contributed by atoms with Crippen LogP contribution in [0.2, 0.25) is 5.02 Å². The third-order valence-corrected chi connectivity index (χ3v) is 15.6. The maximum absolute atomic E-state index is 14.5. The molecule has 4 aromatic rings. The first kappa shape index (κ1) is 58.8. The number of aromatic nitrogens is 1.